The van der Waals surface area contributed by atoms with E-state index in [4.69, 9.17) is 10.5 Å². The molecule has 2 aromatic heterocycles. The van der Waals surface area contributed by atoms with E-state index in [1.54, 1.807) is 53.2 Å². The maximum atomic E-state index is 15.3. The van der Waals surface area contributed by atoms with Crippen molar-refractivity contribution in [1.82, 2.24) is 14.3 Å². The summed E-state index contributed by atoms with van der Waals surface area (Å²) in [6.45, 7) is 15.6. The van der Waals surface area contributed by atoms with Crippen LogP contribution in [-0.4, -0.2) is 59.1 Å². The van der Waals surface area contributed by atoms with E-state index in [9.17, 15) is 18.0 Å². The largest absolute Gasteiger partial charge is 0.444 e. The molecule has 0 saturated heterocycles. The predicted molar refractivity (Wildman–Crippen MR) is 187 cm³/mol. The zero-order valence-electron chi connectivity index (χ0n) is 29.8. The number of nitrogens with zero attached hydrogens (tertiary/aromatic N) is 4. The highest BCUT2D eigenvalue weighted by Gasteiger charge is 2.32. The highest BCUT2D eigenvalue weighted by molar-refractivity contribution is 5.99. The summed E-state index contributed by atoms with van der Waals surface area (Å²) in [5.41, 5.74) is 11.4. The Morgan fingerprint density at radius 3 is 2.40 bits per heavy atom. The lowest BCUT2D eigenvalue weighted by atomic mass is 9.76. The van der Waals surface area contributed by atoms with Crippen LogP contribution in [0.25, 0.3) is 16.8 Å². The Hall–Kier alpha value is -4.15. The van der Waals surface area contributed by atoms with Crippen molar-refractivity contribution in [3.8, 4) is 11.1 Å². The first-order valence-corrected chi connectivity index (χ1v) is 16.2. The number of aliphatic imine (C=N–C) groups is 1. The standard InChI is InChI=1S/C34H42F3N5O2.C2H6.CH3F/c1-20(23-15-24(35)16-23)32(38)26(21(2)39-6)9-8-10-28-27(12-13-29(36)31(28)37)22-11-14-30-40-17-25(42(30)18-22)19-41(7)33(43)44-34(3,4)5;2*1-2/h11-14,17-18,23-24H,1,8-10,15-16,19,38H2,2-7H3;1-2H3;1H3/b32-26-,39-21?;;. The summed E-state index contributed by atoms with van der Waals surface area (Å²) in [4.78, 5) is 22.7. The van der Waals surface area contributed by atoms with E-state index in [-0.39, 0.29) is 24.4 Å². The molecule has 1 aromatic carbocycles. The van der Waals surface area contributed by atoms with Gasteiger partial charge in [-0.15, -0.1) is 0 Å². The van der Waals surface area contributed by atoms with E-state index < -0.39 is 29.5 Å². The van der Waals surface area contributed by atoms with Crippen LogP contribution in [0.3, 0.4) is 0 Å². The van der Waals surface area contributed by atoms with E-state index >= 15 is 4.39 Å². The van der Waals surface area contributed by atoms with Gasteiger partial charge in [0.1, 0.15) is 17.4 Å². The van der Waals surface area contributed by atoms with E-state index in [1.165, 1.54) is 4.90 Å². The molecule has 0 bridgehead atoms. The fourth-order valence-corrected chi connectivity index (χ4v) is 5.40. The SMILES string of the molecule is C=C(/C(N)=C(\CCCc1c(-c2ccc3ncc(CN(C)C(=O)OC(C)(C)C)n3c2)ccc(F)c1F)C(C)=NC)C1CC(F)C1.CC.CF. The van der Waals surface area contributed by atoms with Gasteiger partial charge in [-0.25, -0.2) is 22.9 Å². The van der Waals surface area contributed by atoms with Gasteiger partial charge in [-0.3, -0.25) is 9.38 Å². The summed E-state index contributed by atoms with van der Waals surface area (Å²) in [5.74, 6) is -1.82. The smallest absolute Gasteiger partial charge is 0.410 e. The van der Waals surface area contributed by atoms with Crippen LogP contribution >= 0.6 is 0 Å². The van der Waals surface area contributed by atoms with Crippen LogP contribution in [0.2, 0.25) is 0 Å². The number of rotatable bonds is 10. The van der Waals surface area contributed by atoms with Gasteiger partial charge in [-0.05, 0) is 112 Å². The number of pyridine rings is 1. The fourth-order valence-electron chi connectivity index (χ4n) is 5.40. The first kappa shape index (κ1) is 40.0. The Bertz CT molecular complexity index is 1620. The number of nitrogens with two attached hydrogens (primary N) is 1. The molecule has 48 heavy (non-hydrogen) atoms. The average Bonchev–Trinajstić information content (AvgIpc) is 3.45. The predicted octanol–water partition coefficient (Wildman–Crippen LogP) is 9.19. The number of fused-ring (bicyclic) bond motifs is 1. The van der Waals surface area contributed by atoms with Gasteiger partial charge in [0.15, 0.2) is 11.6 Å². The van der Waals surface area contributed by atoms with Gasteiger partial charge >= 0.3 is 6.09 Å². The third-order valence-electron chi connectivity index (χ3n) is 8.06. The number of carbonyl (C=O) groups is 1. The monoisotopic (exact) mass is 673 g/mol. The minimum Gasteiger partial charge on any atom is -0.444 e. The quantitative estimate of drug-likeness (QED) is 0.132. The van der Waals surface area contributed by atoms with Crippen LogP contribution in [-0.2, 0) is 17.7 Å². The first-order valence-electron chi connectivity index (χ1n) is 16.2. The Morgan fingerprint density at radius 2 is 1.81 bits per heavy atom. The van der Waals surface area contributed by atoms with Gasteiger partial charge in [0.05, 0.1) is 25.6 Å². The number of benzene rings is 1. The minimum atomic E-state index is -0.923. The van der Waals surface area contributed by atoms with Crippen molar-refractivity contribution in [2.24, 2.45) is 16.6 Å². The summed E-state index contributed by atoms with van der Waals surface area (Å²) in [6.07, 6.45) is 4.20. The molecular weight excluding hydrogens is 622 g/mol. The number of carbonyl (C=O) groups excluding carboxylic acids is 1. The molecule has 0 unspecified atom stereocenters. The molecule has 1 saturated carbocycles. The van der Waals surface area contributed by atoms with Crippen LogP contribution in [0.4, 0.5) is 22.4 Å². The second-order valence-electron chi connectivity index (χ2n) is 12.5. The Morgan fingerprint density at radius 1 is 1.17 bits per heavy atom. The number of allylic oxidation sites excluding steroid dienone is 2. The van der Waals surface area contributed by atoms with Gasteiger partial charge in [0.2, 0.25) is 0 Å². The zero-order valence-corrected chi connectivity index (χ0v) is 29.8. The topological polar surface area (TPSA) is 85.2 Å². The van der Waals surface area contributed by atoms with Crippen LogP contribution in [0, 0.1) is 17.6 Å². The van der Waals surface area contributed by atoms with Gasteiger partial charge in [0.25, 0.3) is 0 Å². The minimum absolute atomic E-state index is 0.00355. The van der Waals surface area contributed by atoms with Crippen molar-refractivity contribution in [3.05, 3.63) is 83.0 Å². The molecule has 1 fully saturated rings. The lowest BCUT2D eigenvalue weighted by molar-refractivity contribution is 0.0282. The summed E-state index contributed by atoms with van der Waals surface area (Å²) in [7, 11) is 3.81. The highest BCUT2D eigenvalue weighted by atomic mass is 19.2. The highest BCUT2D eigenvalue weighted by Crippen LogP contribution is 2.38. The van der Waals surface area contributed by atoms with E-state index in [2.05, 4.69) is 16.6 Å². The van der Waals surface area contributed by atoms with Crippen molar-refractivity contribution in [1.29, 1.82) is 0 Å². The van der Waals surface area contributed by atoms with E-state index in [0.29, 0.717) is 60.9 Å². The molecule has 0 radical (unpaired) electrons. The number of amides is 1. The molecule has 1 amide bonds. The van der Waals surface area contributed by atoms with Gasteiger partial charge < -0.3 is 19.8 Å². The van der Waals surface area contributed by atoms with Gasteiger partial charge in [0, 0.05) is 31.7 Å². The molecule has 2 heterocycles. The average molecular weight is 674 g/mol. The van der Waals surface area contributed by atoms with E-state index in [1.807, 2.05) is 37.4 Å². The maximum Gasteiger partial charge on any atom is 0.410 e. The fraction of sp³-hybridized carbons (Fsp3) is 0.486. The number of hydrogen-bond donors (Lipinski definition) is 1. The Balaban J connectivity index is 0.00000193. The Labute approximate surface area is 282 Å². The Kier molecular flexibility index (Phi) is 14.9. The lowest BCUT2D eigenvalue weighted by Gasteiger charge is -2.32. The third kappa shape index (κ3) is 9.93. The number of alkyl halides is 2. The molecule has 3 aromatic rings. The second kappa shape index (κ2) is 17.8. The van der Waals surface area contributed by atoms with Crippen LogP contribution in [0.5, 0.6) is 0 Å². The van der Waals surface area contributed by atoms with Gasteiger partial charge in [-0.2, -0.15) is 0 Å². The molecule has 2 N–H and O–H groups in total. The number of halogens is 4. The van der Waals surface area contributed by atoms with Gasteiger partial charge in [-0.1, -0.05) is 26.5 Å². The van der Waals surface area contributed by atoms with Crippen LogP contribution in [0.15, 0.2) is 65.1 Å². The molecule has 7 nitrogen and oxygen atoms in total. The third-order valence-corrected chi connectivity index (χ3v) is 8.06. The molecule has 0 spiro atoms. The van der Waals surface area contributed by atoms with Crippen molar-refractivity contribution in [2.75, 3.05) is 21.3 Å². The number of hydrogen-bond acceptors (Lipinski definition) is 5. The second-order valence-corrected chi connectivity index (χ2v) is 12.5. The van der Waals surface area contributed by atoms with Crippen LogP contribution < -0.4 is 5.73 Å². The number of ether oxygens (including phenoxy) is 1. The summed E-state index contributed by atoms with van der Waals surface area (Å²) < 4.78 is 60.1. The molecule has 11 heteroatoms. The molecular formula is C37H51F4N5O2. The van der Waals surface area contributed by atoms with E-state index in [0.717, 1.165) is 23.0 Å². The van der Waals surface area contributed by atoms with Crippen molar-refractivity contribution >= 4 is 17.5 Å². The molecule has 1 aliphatic carbocycles. The normalized spacial score (nSPS) is 16.5. The molecule has 4 rings (SSSR count). The number of aromatic nitrogens is 2. The lowest BCUT2D eigenvalue weighted by Crippen LogP contribution is -2.34. The summed E-state index contributed by atoms with van der Waals surface area (Å²) in [6, 6.07) is 6.32. The number of imidazole rings is 1. The van der Waals surface area contributed by atoms with Crippen LogP contribution in [0.1, 0.15) is 78.5 Å². The van der Waals surface area contributed by atoms with Crippen molar-refractivity contribution in [2.45, 2.75) is 92.0 Å². The zero-order chi connectivity index (χ0) is 36.3. The first-order chi connectivity index (χ1) is 22.7. The summed E-state index contributed by atoms with van der Waals surface area (Å²) >= 11 is 0. The maximum absolute atomic E-state index is 15.3. The van der Waals surface area contributed by atoms with Crippen molar-refractivity contribution in [3.63, 3.8) is 0 Å². The summed E-state index contributed by atoms with van der Waals surface area (Å²) in [5, 5.41) is 0. The molecule has 264 valence electrons. The molecule has 0 aliphatic heterocycles. The van der Waals surface area contributed by atoms with Crippen molar-refractivity contribution < 1.29 is 27.1 Å². The molecule has 0 atom stereocenters. The molecule has 1 aliphatic rings.